The van der Waals surface area contributed by atoms with Crippen molar-refractivity contribution < 1.29 is 14.0 Å². The van der Waals surface area contributed by atoms with Crippen molar-refractivity contribution in [1.82, 2.24) is 5.32 Å². The molecule has 5 heteroatoms. The van der Waals surface area contributed by atoms with E-state index in [-0.39, 0.29) is 5.91 Å². The van der Waals surface area contributed by atoms with Gasteiger partial charge in [0.1, 0.15) is 11.9 Å². The molecule has 0 aliphatic rings. The molecule has 118 valence electrons. The van der Waals surface area contributed by atoms with E-state index in [1.54, 1.807) is 19.1 Å². The monoisotopic (exact) mass is 312 g/mol. The highest BCUT2D eigenvalue weighted by Crippen LogP contribution is 2.09. The highest BCUT2D eigenvalue weighted by molar-refractivity contribution is 5.99. The SMILES string of the molecule is CC(NC(=O)C=Cc1ccccc1)C(=O)Nc1cccc(F)c1. The molecule has 0 bridgehead atoms. The fourth-order valence-corrected chi connectivity index (χ4v) is 1.88. The molecule has 0 aliphatic heterocycles. The molecule has 0 radical (unpaired) electrons. The molecule has 4 nitrogen and oxygen atoms in total. The van der Waals surface area contributed by atoms with Gasteiger partial charge in [0.25, 0.3) is 0 Å². The number of halogens is 1. The van der Waals surface area contributed by atoms with E-state index in [1.165, 1.54) is 24.3 Å². The van der Waals surface area contributed by atoms with Crippen LogP contribution in [0.1, 0.15) is 12.5 Å². The van der Waals surface area contributed by atoms with Gasteiger partial charge in [-0.1, -0.05) is 36.4 Å². The standard InChI is InChI=1S/C18H17FN2O2/c1-13(18(23)21-16-9-5-8-15(19)12-16)20-17(22)11-10-14-6-3-2-4-7-14/h2-13H,1H3,(H,20,22)(H,21,23). The molecule has 2 rings (SSSR count). The lowest BCUT2D eigenvalue weighted by atomic mass is 10.2. The van der Waals surface area contributed by atoms with Crippen molar-refractivity contribution in [3.8, 4) is 0 Å². The molecule has 1 atom stereocenters. The van der Waals surface area contributed by atoms with E-state index in [4.69, 9.17) is 0 Å². The fraction of sp³-hybridized carbons (Fsp3) is 0.111. The Bertz CT molecular complexity index is 714. The summed E-state index contributed by atoms with van der Waals surface area (Å²) in [5.74, 6) is -1.24. The first-order valence-electron chi connectivity index (χ1n) is 7.14. The van der Waals surface area contributed by atoms with Gasteiger partial charge in [-0.05, 0) is 36.8 Å². The maximum atomic E-state index is 13.1. The Morgan fingerprint density at radius 2 is 1.83 bits per heavy atom. The van der Waals surface area contributed by atoms with Gasteiger partial charge in [-0.2, -0.15) is 0 Å². The molecule has 2 amide bonds. The third kappa shape index (κ3) is 5.39. The number of benzene rings is 2. The summed E-state index contributed by atoms with van der Waals surface area (Å²) >= 11 is 0. The summed E-state index contributed by atoms with van der Waals surface area (Å²) in [7, 11) is 0. The van der Waals surface area contributed by atoms with Crippen molar-refractivity contribution in [2.45, 2.75) is 13.0 Å². The van der Waals surface area contributed by atoms with Crippen LogP contribution in [-0.2, 0) is 9.59 Å². The second-order valence-corrected chi connectivity index (χ2v) is 4.97. The zero-order valence-electron chi connectivity index (χ0n) is 12.6. The lowest BCUT2D eigenvalue weighted by Gasteiger charge is -2.13. The van der Waals surface area contributed by atoms with Crippen LogP contribution in [0.2, 0.25) is 0 Å². The molecule has 23 heavy (non-hydrogen) atoms. The molecule has 2 aromatic rings. The maximum absolute atomic E-state index is 13.1. The van der Waals surface area contributed by atoms with Crippen LogP contribution in [0.5, 0.6) is 0 Å². The zero-order chi connectivity index (χ0) is 16.7. The molecule has 1 unspecified atom stereocenters. The zero-order valence-corrected chi connectivity index (χ0v) is 12.6. The van der Waals surface area contributed by atoms with Crippen molar-refractivity contribution in [3.63, 3.8) is 0 Å². The van der Waals surface area contributed by atoms with Crippen LogP contribution in [-0.4, -0.2) is 17.9 Å². The van der Waals surface area contributed by atoms with Crippen LogP contribution in [0.25, 0.3) is 6.08 Å². The molecule has 0 fully saturated rings. The van der Waals surface area contributed by atoms with Gasteiger partial charge in [0.15, 0.2) is 0 Å². The summed E-state index contributed by atoms with van der Waals surface area (Å²) in [6.07, 6.45) is 3.02. The van der Waals surface area contributed by atoms with E-state index in [2.05, 4.69) is 10.6 Å². The average molecular weight is 312 g/mol. The van der Waals surface area contributed by atoms with Gasteiger partial charge in [0.2, 0.25) is 11.8 Å². The summed E-state index contributed by atoms with van der Waals surface area (Å²) in [4.78, 5) is 23.8. The topological polar surface area (TPSA) is 58.2 Å². The minimum absolute atomic E-state index is 0.343. The second kappa shape index (κ2) is 7.89. The van der Waals surface area contributed by atoms with Crippen molar-refractivity contribution in [1.29, 1.82) is 0 Å². The van der Waals surface area contributed by atoms with Crippen LogP contribution >= 0.6 is 0 Å². The normalized spacial score (nSPS) is 11.9. The first-order valence-corrected chi connectivity index (χ1v) is 7.14. The Morgan fingerprint density at radius 3 is 2.52 bits per heavy atom. The number of anilines is 1. The van der Waals surface area contributed by atoms with Gasteiger partial charge in [-0.3, -0.25) is 9.59 Å². The van der Waals surface area contributed by atoms with Gasteiger partial charge in [-0.25, -0.2) is 4.39 Å². The Morgan fingerprint density at radius 1 is 1.09 bits per heavy atom. The van der Waals surface area contributed by atoms with E-state index >= 15 is 0 Å². The summed E-state index contributed by atoms with van der Waals surface area (Å²) in [6, 6.07) is 14.2. The fourth-order valence-electron chi connectivity index (χ4n) is 1.88. The van der Waals surface area contributed by atoms with Gasteiger partial charge >= 0.3 is 0 Å². The Labute approximate surface area is 134 Å². The first-order chi connectivity index (χ1) is 11.0. The Balaban J connectivity index is 1.88. The highest BCUT2D eigenvalue weighted by Gasteiger charge is 2.14. The van der Waals surface area contributed by atoms with Crippen LogP contribution in [0.3, 0.4) is 0 Å². The molecule has 0 saturated carbocycles. The predicted molar refractivity (Wildman–Crippen MR) is 88.1 cm³/mol. The average Bonchev–Trinajstić information content (AvgIpc) is 2.54. The molecule has 0 saturated heterocycles. The van der Waals surface area contributed by atoms with Crippen molar-refractivity contribution in [3.05, 3.63) is 72.1 Å². The smallest absolute Gasteiger partial charge is 0.246 e. The van der Waals surface area contributed by atoms with Gasteiger partial charge < -0.3 is 10.6 Å². The van der Waals surface area contributed by atoms with Crippen molar-refractivity contribution in [2.24, 2.45) is 0 Å². The molecule has 0 spiro atoms. The maximum Gasteiger partial charge on any atom is 0.246 e. The minimum atomic E-state index is -0.744. The summed E-state index contributed by atoms with van der Waals surface area (Å²) in [5, 5.41) is 5.10. The van der Waals surface area contributed by atoms with E-state index < -0.39 is 17.8 Å². The largest absolute Gasteiger partial charge is 0.341 e. The molecular weight excluding hydrogens is 295 g/mol. The number of hydrogen-bond acceptors (Lipinski definition) is 2. The summed E-state index contributed by atoms with van der Waals surface area (Å²) < 4.78 is 13.1. The van der Waals surface area contributed by atoms with Crippen molar-refractivity contribution in [2.75, 3.05) is 5.32 Å². The van der Waals surface area contributed by atoms with Crippen LogP contribution in [0, 0.1) is 5.82 Å². The number of hydrogen-bond donors (Lipinski definition) is 2. The Kier molecular flexibility index (Phi) is 5.63. The first kappa shape index (κ1) is 16.4. The number of amides is 2. The highest BCUT2D eigenvalue weighted by atomic mass is 19.1. The molecule has 0 aromatic heterocycles. The summed E-state index contributed by atoms with van der Waals surface area (Å²) in [5.41, 5.74) is 1.23. The molecule has 0 aliphatic carbocycles. The number of rotatable bonds is 5. The lowest BCUT2D eigenvalue weighted by Crippen LogP contribution is -2.40. The Hall–Kier alpha value is -2.95. The predicted octanol–water partition coefficient (Wildman–Crippen LogP) is 2.98. The van der Waals surface area contributed by atoms with E-state index in [9.17, 15) is 14.0 Å². The quantitative estimate of drug-likeness (QED) is 0.834. The number of carbonyl (C=O) groups is 2. The van der Waals surface area contributed by atoms with Gasteiger partial charge in [-0.15, -0.1) is 0 Å². The molecule has 2 aromatic carbocycles. The van der Waals surface area contributed by atoms with Crippen LogP contribution in [0.4, 0.5) is 10.1 Å². The number of carbonyl (C=O) groups excluding carboxylic acids is 2. The van der Waals surface area contributed by atoms with E-state index in [1.807, 2.05) is 30.3 Å². The third-order valence-corrected chi connectivity index (χ3v) is 3.07. The van der Waals surface area contributed by atoms with Gasteiger partial charge in [0.05, 0.1) is 0 Å². The summed E-state index contributed by atoms with van der Waals surface area (Å²) in [6.45, 7) is 1.56. The molecule has 2 N–H and O–H groups in total. The van der Waals surface area contributed by atoms with E-state index in [0.29, 0.717) is 5.69 Å². The van der Waals surface area contributed by atoms with Gasteiger partial charge in [0, 0.05) is 11.8 Å². The lowest BCUT2D eigenvalue weighted by molar-refractivity contribution is -0.123. The van der Waals surface area contributed by atoms with Crippen LogP contribution in [0.15, 0.2) is 60.7 Å². The molecule has 0 heterocycles. The van der Waals surface area contributed by atoms with Crippen molar-refractivity contribution >= 4 is 23.6 Å². The second-order valence-electron chi connectivity index (χ2n) is 4.97. The minimum Gasteiger partial charge on any atom is -0.341 e. The van der Waals surface area contributed by atoms with E-state index in [0.717, 1.165) is 5.56 Å². The number of nitrogens with one attached hydrogen (secondary N) is 2. The molecular formula is C18H17FN2O2. The van der Waals surface area contributed by atoms with Crippen LogP contribution < -0.4 is 10.6 Å². The third-order valence-electron chi connectivity index (χ3n) is 3.07.